The van der Waals surface area contributed by atoms with Crippen LogP contribution < -0.4 is 4.90 Å². The Morgan fingerprint density at radius 1 is 0.743 bits per heavy atom. The van der Waals surface area contributed by atoms with Crippen LogP contribution in [0.2, 0.25) is 0 Å². The van der Waals surface area contributed by atoms with Gasteiger partial charge in [0.2, 0.25) is 0 Å². The molecule has 0 spiro atoms. The molecule has 0 aliphatic carbocycles. The Hall–Kier alpha value is -4.25. The van der Waals surface area contributed by atoms with Crippen molar-refractivity contribution in [2.45, 2.75) is 0 Å². The van der Waals surface area contributed by atoms with Crippen LogP contribution in [0.25, 0.3) is 32.9 Å². The molecule has 0 atom stereocenters. The van der Waals surface area contributed by atoms with Crippen molar-refractivity contribution in [1.29, 1.82) is 0 Å². The minimum Gasteiger partial charge on any atom is -0.366 e. The first kappa shape index (κ1) is 21.3. The van der Waals surface area contributed by atoms with Gasteiger partial charge in [0.05, 0.1) is 22.5 Å². The molecule has 5 heteroatoms. The fourth-order valence-electron chi connectivity index (χ4n) is 4.97. The first-order chi connectivity index (χ1) is 17.2. The fraction of sp³-hybridized carbons (Fsp3) is 0.133. The predicted octanol–water partition coefficient (Wildman–Crippen LogP) is 6.16. The average Bonchev–Trinajstić information content (AvgIpc) is 2.92. The van der Waals surface area contributed by atoms with Crippen LogP contribution in [-0.2, 0) is 0 Å². The lowest BCUT2D eigenvalue weighted by Gasteiger charge is -2.36. The number of carbonyl (C=O) groups is 1. The third-order valence-electron chi connectivity index (χ3n) is 6.77. The Balaban J connectivity index is 1.36. The fourth-order valence-corrected chi connectivity index (χ4v) is 4.97. The van der Waals surface area contributed by atoms with Gasteiger partial charge in [-0.1, -0.05) is 72.8 Å². The third-order valence-corrected chi connectivity index (χ3v) is 6.77. The summed E-state index contributed by atoms with van der Waals surface area (Å²) in [6.07, 6.45) is 0. The van der Waals surface area contributed by atoms with Gasteiger partial charge >= 0.3 is 0 Å². The van der Waals surface area contributed by atoms with Gasteiger partial charge in [0.25, 0.3) is 5.91 Å². The summed E-state index contributed by atoms with van der Waals surface area (Å²) in [7, 11) is 0. The van der Waals surface area contributed by atoms with Crippen LogP contribution in [0.5, 0.6) is 0 Å². The summed E-state index contributed by atoms with van der Waals surface area (Å²) < 4.78 is 14.3. The average molecular weight is 462 g/mol. The summed E-state index contributed by atoms with van der Waals surface area (Å²) in [6, 6.07) is 30.9. The zero-order valence-corrected chi connectivity index (χ0v) is 19.2. The molecule has 1 aliphatic rings. The van der Waals surface area contributed by atoms with Crippen LogP contribution in [0.4, 0.5) is 10.1 Å². The van der Waals surface area contributed by atoms with Gasteiger partial charge < -0.3 is 9.80 Å². The second kappa shape index (κ2) is 8.84. The maximum Gasteiger partial charge on any atom is 0.254 e. The highest BCUT2D eigenvalue weighted by Crippen LogP contribution is 2.31. The number of hydrogen-bond acceptors (Lipinski definition) is 3. The zero-order valence-electron chi connectivity index (χ0n) is 19.2. The Kier molecular flexibility index (Phi) is 5.38. The van der Waals surface area contributed by atoms with Crippen LogP contribution in [0.15, 0.2) is 97.1 Å². The number of nitrogens with zero attached hydrogens (tertiary/aromatic N) is 3. The van der Waals surface area contributed by atoms with Crippen molar-refractivity contribution < 1.29 is 9.18 Å². The van der Waals surface area contributed by atoms with E-state index in [0.717, 1.165) is 32.9 Å². The zero-order chi connectivity index (χ0) is 23.8. The second-order valence-corrected chi connectivity index (χ2v) is 8.83. The number of carbonyl (C=O) groups excluding carboxylic acids is 1. The van der Waals surface area contributed by atoms with Crippen molar-refractivity contribution in [3.05, 3.63) is 108 Å². The largest absolute Gasteiger partial charge is 0.366 e. The van der Waals surface area contributed by atoms with Crippen molar-refractivity contribution in [1.82, 2.24) is 9.88 Å². The molecule has 172 valence electrons. The van der Waals surface area contributed by atoms with Crippen molar-refractivity contribution in [3.63, 3.8) is 0 Å². The van der Waals surface area contributed by atoms with Gasteiger partial charge in [-0.3, -0.25) is 4.79 Å². The summed E-state index contributed by atoms with van der Waals surface area (Å²) >= 11 is 0. The molecule has 5 aromatic rings. The number of piperazine rings is 1. The predicted molar refractivity (Wildman–Crippen MR) is 139 cm³/mol. The Morgan fingerprint density at radius 2 is 1.43 bits per heavy atom. The van der Waals surface area contributed by atoms with E-state index in [2.05, 4.69) is 24.3 Å². The van der Waals surface area contributed by atoms with E-state index in [4.69, 9.17) is 4.98 Å². The molecule has 0 unspecified atom stereocenters. The highest BCUT2D eigenvalue weighted by atomic mass is 19.1. The SMILES string of the molecule is O=C(c1cc(-c2cccc3ccccc23)nc2ccccc12)N1CCN(c2ccccc2F)CC1. The molecule has 0 N–H and O–H groups in total. The number of amides is 1. The number of halogens is 1. The number of aromatic nitrogens is 1. The molecule has 35 heavy (non-hydrogen) atoms. The summed E-state index contributed by atoms with van der Waals surface area (Å²) in [5.74, 6) is -0.245. The molecule has 1 amide bonds. The van der Waals surface area contributed by atoms with E-state index >= 15 is 0 Å². The van der Waals surface area contributed by atoms with E-state index in [1.807, 2.05) is 64.4 Å². The lowest BCUT2D eigenvalue weighted by atomic mass is 9.98. The number of fused-ring (bicyclic) bond motifs is 2. The first-order valence-electron chi connectivity index (χ1n) is 11.9. The molecule has 0 saturated carbocycles. The van der Waals surface area contributed by atoms with E-state index in [9.17, 15) is 9.18 Å². The molecular formula is C30H24FN3O. The summed E-state index contributed by atoms with van der Waals surface area (Å²) in [5.41, 5.74) is 3.83. The van der Waals surface area contributed by atoms with Gasteiger partial charge in [-0.15, -0.1) is 0 Å². The highest BCUT2D eigenvalue weighted by molar-refractivity contribution is 6.08. The maximum absolute atomic E-state index is 14.3. The molecule has 1 fully saturated rings. The molecule has 4 nitrogen and oxygen atoms in total. The number of para-hydroxylation sites is 2. The van der Waals surface area contributed by atoms with E-state index in [1.165, 1.54) is 6.07 Å². The lowest BCUT2D eigenvalue weighted by molar-refractivity contribution is 0.0748. The van der Waals surface area contributed by atoms with Gasteiger partial charge in [-0.25, -0.2) is 9.37 Å². The quantitative estimate of drug-likeness (QED) is 0.323. The molecule has 0 radical (unpaired) electrons. The van der Waals surface area contributed by atoms with Crippen LogP contribution in [0.1, 0.15) is 10.4 Å². The van der Waals surface area contributed by atoms with Gasteiger partial charge in [0, 0.05) is 37.1 Å². The van der Waals surface area contributed by atoms with Gasteiger partial charge in [-0.2, -0.15) is 0 Å². The van der Waals surface area contributed by atoms with Crippen LogP contribution >= 0.6 is 0 Å². The third kappa shape index (κ3) is 3.89. The Morgan fingerprint density at radius 3 is 2.26 bits per heavy atom. The number of benzene rings is 4. The minimum atomic E-state index is -0.230. The summed E-state index contributed by atoms with van der Waals surface area (Å²) in [6.45, 7) is 2.25. The lowest BCUT2D eigenvalue weighted by Crippen LogP contribution is -2.49. The molecule has 4 aromatic carbocycles. The topological polar surface area (TPSA) is 36.4 Å². The molecule has 1 saturated heterocycles. The maximum atomic E-state index is 14.3. The number of hydrogen-bond donors (Lipinski definition) is 0. The van der Waals surface area contributed by atoms with Crippen molar-refractivity contribution >= 4 is 33.3 Å². The van der Waals surface area contributed by atoms with E-state index in [-0.39, 0.29) is 11.7 Å². The summed E-state index contributed by atoms with van der Waals surface area (Å²) in [5, 5.41) is 3.09. The minimum absolute atomic E-state index is 0.0155. The second-order valence-electron chi connectivity index (χ2n) is 8.83. The molecule has 6 rings (SSSR count). The Bertz CT molecular complexity index is 1550. The number of rotatable bonds is 3. The van der Waals surface area contributed by atoms with Crippen LogP contribution in [-0.4, -0.2) is 42.0 Å². The van der Waals surface area contributed by atoms with Crippen LogP contribution in [0, 0.1) is 5.82 Å². The summed E-state index contributed by atoms with van der Waals surface area (Å²) in [4.78, 5) is 22.6. The van der Waals surface area contributed by atoms with E-state index in [0.29, 0.717) is 37.4 Å². The van der Waals surface area contributed by atoms with Gasteiger partial charge in [0.15, 0.2) is 0 Å². The smallest absolute Gasteiger partial charge is 0.254 e. The normalized spacial score (nSPS) is 14.0. The van der Waals surface area contributed by atoms with Gasteiger partial charge in [-0.05, 0) is 35.0 Å². The monoisotopic (exact) mass is 461 g/mol. The molecule has 0 bridgehead atoms. The standard InChI is InChI=1S/C30H24FN3O/c31-26-13-4-6-15-29(26)33-16-18-34(19-17-33)30(35)25-20-28(32-27-14-5-3-11-24(25)27)23-12-7-9-21-8-1-2-10-22(21)23/h1-15,20H,16-19H2. The van der Waals surface area contributed by atoms with Crippen molar-refractivity contribution in [3.8, 4) is 11.3 Å². The Labute approximate surface area is 203 Å². The van der Waals surface area contributed by atoms with Crippen molar-refractivity contribution in [2.75, 3.05) is 31.1 Å². The molecule has 1 aromatic heterocycles. The van der Waals surface area contributed by atoms with Gasteiger partial charge in [0.1, 0.15) is 5.82 Å². The van der Waals surface area contributed by atoms with Crippen LogP contribution in [0.3, 0.4) is 0 Å². The number of anilines is 1. The molecular weight excluding hydrogens is 437 g/mol. The molecule has 2 heterocycles. The van der Waals surface area contributed by atoms with E-state index in [1.54, 1.807) is 12.1 Å². The first-order valence-corrected chi connectivity index (χ1v) is 11.9. The molecule has 1 aliphatic heterocycles. The number of pyridine rings is 1. The van der Waals surface area contributed by atoms with E-state index < -0.39 is 0 Å². The van der Waals surface area contributed by atoms with Crippen molar-refractivity contribution in [2.24, 2.45) is 0 Å². The highest BCUT2D eigenvalue weighted by Gasteiger charge is 2.25.